The van der Waals surface area contributed by atoms with Crippen LogP contribution < -0.4 is 16.4 Å². The van der Waals surface area contributed by atoms with Crippen molar-refractivity contribution in [1.82, 2.24) is 20.6 Å². The zero-order valence-corrected chi connectivity index (χ0v) is 15.8. The highest BCUT2D eigenvalue weighted by Gasteiger charge is 2.16. The number of aliphatic carboxylic acids is 1. The van der Waals surface area contributed by atoms with Gasteiger partial charge in [-0.05, 0) is 17.7 Å². The molecule has 9 nitrogen and oxygen atoms in total. The van der Waals surface area contributed by atoms with Crippen molar-refractivity contribution in [2.45, 2.75) is 6.54 Å². The summed E-state index contributed by atoms with van der Waals surface area (Å²) >= 11 is 0. The molecule has 2 amide bonds. The van der Waals surface area contributed by atoms with Gasteiger partial charge in [0.05, 0.1) is 11.9 Å². The second kappa shape index (κ2) is 9.28. The van der Waals surface area contributed by atoms with E-state index in [0.29, 0.717) is 23.4 Å². The Labute approximate surface area is 172 Å². The number of hydrogen-bond donors (Lipinski definition) is 4. The zero-order valence-electron chi connectivity index (χ0n) is 15.8. The van der Waals surface area contributed by atoms with Crippen LogP contribution in [-0.2, 0) is 11.3 Å². The molecule has 9 heteroatoms. The first-order chi connectivity index (χ1) is 14.4. The number of carboxylic acid groups (broad SMARTS) is 1. The Hall–Kier alpha value is -4.27. The van der Waals surface area contributed by atoms with Crippen LogP contribution in [0.4, 0.5) is 5.82 Å². The van der Waals surface area contributed by atoms with Crippen LogP contribution >= 0.6 is 0 Å². The van der Waals surface area contributed by atoms with Crippen molar-refractivity contribution < 1.29 is 19.5 Å². The minimum atomic E-state index is -1.19. The average molecular weight is 405 g/mol. The summed E-state index contributed by atoms with van der Waals surface area (Å²) in [5, 5.41) is 13.7. The fourth-order valence-corrected chi connectivity index (χ4v) is 2.64. The molecule has 0 bridgehead atoms. The predicted octanol–water partition coefficient (Wildman–Crippen LogP) is 1.47. The number of nitrogen functional groups attached to an aromatic ring is 1. The predicted molar refractivity (Wildman–Crippen MR) is 109 cm³/mol. The highest BCUT2D eigenvalue weighted by atomic mass is 16.4. The van der Waals surface area contributed by atoms with Crippen LogP contribution in [0.2, 0.25) is 0 Å². The molecule has 5 N–H and O–H groups in total. The number of nitrogens with one attached hydrogen (secondary N) is 2. The van der Waals surface area contributed by atoms with E-state index in [1.54, 1.807) is 24.3 Å². The molecule has 1 aromatic heterocycles. The van der Waals surface area contributed by atoms with Crippen LogP contribution in [-0.4, -0.2) is 39.4 Å². The van der Waals surface area contributed by atoms with Gasteiger partial charge in [-0.2, -0.15) is 0 Å². The van der Waals surface area contributed by atoms with Crippen LogP contribution in [0.25, 0.3) is 11.3 Å². The monoisotopic (exact) mass is 405 g/mol. The third-order valence-corrected chi connectivity index (χ3v) is 4.13. The van der Waals surface area contributed by atoms with Crippen molar-refractivity contribution in [2.24, 2.45) is 0 Å². The van der Waals surface area contributed by atoms with Crippen LogP contribution in [0.15, 0.2) is 60.8 Å². The average Bonchev–Trinajstić information content (AvgIpc) is 2.77. The molecule has 0 aliphatic carbocycles. The van der Waals surface area contributed by atoms with Gasteiger partial charge in [-0.15, -0.1) is 0 Å². The second-order valence-electron chi connectivity index (χ2n) is 6.31. The van der Waals surface area contributed by atoms with Gasteiger partial charge in [0.15, 0.2) is 11.5 Å². The number of benzene rings is 2. The third kappa shape index (κ3) is 5.16. The Bertz CT molecular complexity index is 1090. The first kappa shape index (κ1) is 20.5. The van der Waals surface area contributed by atoms with E-state index in [2.05, 4.69) is 20.6 Å². The highest BCUT2D eigenvalue weighted by Crippen LogP contribution is 2.20. The lowest BCUT2D eigenvalue weighted by molar-refractivity contribution is -0.135. The quantitative estimate of drug-likeness (QED) is 0.465. The maximum Gasteiger partial charge on any atom is 0.322 e. The summed E-state index contributed by atoms with van der Waals surface area (Å²) in [6.45, 7) is -0.180. The molecule has 0 saturated carbocycles. The lowest BCUT2D eigenvalue weighted by Gasteiger charge is -2.09. The summed E-state index contributed by atoms with van der Waals surface area (Å²) in [5.74, 6) is -2.33. The maximum atomic E-state index is 12.5. The number of amides is 2. The van der Waals surface area contributed by atoms with Gasteiger partial charge in [0.1, 0.15) is 6.54 Å². The molecule has 152 valence electrons. The molecule has 0 atom stereocenters. The smallest absolute Gasteiger partial charge is 0.322 e. The number of carbonyl (C=O) groups excluding carboxylic acids is 2. The molecule has 0 unspecified atom stereocenters. The molecule has 3 rings (SSSR count). The van der Waals surface area contributed by atoms with Crippen molar-refractivity contribution in [3.63, 3.8) is 0 Å². The minimum Gasteiger partial charge on any atom is -0.480 e. The summed E-state index contributed by atoms with van der Waals surface area (Å²) in [7, 11) is 0. The number of nitrogens with two attached hydrogens (primary N) is 1. The van der Waals surface area contributed by atoms with Gasteiger partial charge in [0.25, 0.3) is 11.8 Å². The Kier molecular flexibility index (Phi) is 6.33. The molecule has 2 aromatic carbocycles. The van der Waals surface area contributed by atoms with E-state index in [-0.39, 0.29) is 17.4 Å². The molecule has 0 aliphatic heterocycles. The van der Waals surface area contributed by atoms with E-state index >= 15 is 0 Å². The molecular formula is C21H19N5O4. The lowest BCUT2D eigenvalue weighted by atomic mass is 10.1. The third-order valence-electron chi connectivity index (χ3n) is 4.13. The SMILES string of the molecule is Nc1ncc(-c2cccc(C(=O)NCc3ccccc3)c2)nc1C(=O)NCC(=O)O. The Balaban J connectivity index is 1.78. The van der Waals surface area contributed by atoms with Gasteiger partial charge >= 0.3 is 5.97 Å². The normalized spacial score (nSPS) is 10.3. The number of carboxylic acids is 1. The van der Waals surface area contributed by atoms with E-state index in [9.17, 15) is 14.4 Å². The molecule has 3 aromatic rings. The largest absolute Gasteiger partial charge is 0.480 e. The van der Waals surface area contributed by atoms with Crippen LogP contribution in [0.3, 0.4) is 0 Å². The van der Waals surface area contributed by atoms with Crippen LogP contribution in [0.5, 0.6) is 0 Å². The molecule has 0 saturated heterocycles. The summed E-state index contributed by atoms with van der Waals surface area (Å²) in [4.78, 5) is 43.4. The van der Waals surface area contributed by atoms with Crippen LogP contribution in [0.1, 0.15) is 26.4 Å². The van der Waals surface area contributed by atoms with Gasteiger partial charge in [0.2, 0.25) is 0 Å². The fraction of sp³-hybridized carbons (Fsp3) is 0.0952. The molecular weight excluding hydrogens is 386 g/mol. The molecule has 0 radical (unpaired) electrons. The maximum absolute atomic E-state index is 12.5. The Morgan fingerprint density at radius 3 is 2.47 bits per heavy atom. The second-order valence-corrected chi connectivity index (χ2v) is 6.31. The summed E-state index contributed by atoms with van der Waals surface area (Å²) < 4.78 is 0. The molecule has 1 heterocycles. The van der Waals surface area contributed by atoms with Crippen molar-refractivity contribution >= 4 is 23.6 Å². The van der Waals surface area contributed by atoms with Crippen molar-refractivity contribution in [3.05, 3.63) is 77.6 Å². The van der Waals surface area contributed by atoms with Crippen molar-refractivity contribution in [2.75, 3.05) is 12.3 Å². The lowest BCUT2D eigenvalue weighted by Crippen LogP contribution is -2.30. The number of nitrogens with zero attached hydrogens (tertiary/aromatic N) is 2. The number of rotatable bonds is 7. The number of aromatic nitrogens is 2. The first-order valence-electron chi connectivity index (χ1n) is 8.99. The number of anilines is 1. The van der Waals surface area contributed by atoms with E-state index in [1.807, 2.05) is 30.3 Å². The fourth-order valence-electron chi connectivity index (χ4n) is 2.64. The van der Waals surface area contributed by atoms with Gasteiger partial charge in [-0.3, -0.25) is 14.4 Å². The van der Waals surface area contributed by atoms with E-state index in [0.717, 1.165) is 5.56 Å². The summed E-state index contributed by atoms with van der Waals surface area (Å²) in [6.07, 6.45) is 1.38. The van der Waals surface area contributed by atoms with Gasteiger partial charge in [-0.25, -0.2) is 9.97 Å². The Morgan fingerprint density at radius 1 is 0.967 bits per heavy atom. The number of hydrogen-bond acceptors (Lipinski definition) is 6. The highest BCUT2D eigenvalue weighted by molar-refractivity contribution is 5.98. The van der Waals surface area contributed by atoms with Crippen LogP contribution in [0, 0.1) is 0 Å². The molecule has 30 heavy (non-hydrogen) atoms. The van der Waals surface area contributed by atoms with E-state index in [4.69, 9.17) is 10.8 Å². The van der Waals surface area contributed by atoms with Crippen molar-refractivity contribution in [3.8, 4) is 11.3 Å². The zero-order chi connectivity index (χ0) is 21.5. The van der Waals surface area contributed by atoms with Crippen molar-refractivity contribution in [1.29, 1.82) is 0 Å². The van der Waals surface area contributed by atoms with Gasteiger partial charge in [-0.1, -0.05) is 42.5 Å². The molecule has 0 fully saturated rings. The Morgan fingerprint density at radius 2 is 1.73 bits per heavy atom. The van der Waals surface area contributed by atoms with E-state index < -0.39 is 18.4 Å². The molecule has 0 aliphatic rings. The topological polar surface area (TPSA) is 147 Å². The standard InChI is InChI=1S/C21H19N5O4/c22-19-18(21(30)25-12-17(27)28)26-16(11-23-19)14-7-4-8-15(9-14)20(29)24-10-13-5-2-1-3-6-13/h1-9,11H,10,12H2,(H2,22,23)(H,24,29)(H,25,30)(H,27,28). The first-order valence-corrected chi connectivity index (χ1v) is 8.99. The van der Waals surface area contributed by atoms with Gasteiger partial charge in [0, 0.05) is 17.7 Å². The summed E-state index contributed by atoms with van der Waals surface area (Å²) in [6, 6.07) is 16.2. The van der Waals surface area contributed by atoms with E-state index in [1.165, 1.54) is 6.20 Å². The van der Waals surface area contributed by atoms with Gasteiger partial charge < -0.3 is 21.5 Å². The summed E-state index contributed by atoms with van der Waals surface area (Å²) in [5.41, 5.74) is 7.78. The number of carbonyl (C=O) groups is 3. The minimum absolute atomic E-state index is 0.126. The molecule has 0 spiro atoms.